The van der Waals surface area contributed by atoms with Gasteiger partial charge in [-0.15, -0.1) is 0 Å². The second kappa shape index (κ2) is 5.25. The molecule has 2 aromatic carbocycles. The molecular weight excluding hydrogens is 252 g/mol. The second-order valence-corrected chi connectivity index (χ2v) is 4.62. The third kappa shape index (κ3) is 2.59. The number of aromatic nitrogens is 1. The minimum atomic E-state index is 0.307. The van der Waals surface area contributed by atoms with Gasteiger partial charge in [0.2, 0.25) is 5.89 Å². The molecule has 0 atom stereocenters. The van der Waals surface area contributed by atoms with Crippen molar-refractivity contribution in [3.63, 3.8) is 0 Å². The maximum atomic E-state index is 5.71. The fraction of sp³-hybridized carbons (Fsp3) is 0.188. The summed E-state index contributed by atoms with van der Waals surface area (Å²) in [5, 5.41) is 0. The van der Waals surface area contributed by atoms with E-state index in [-0.39, 0.29) is 0 Å². The summed E-state index contributed by atoms with van der Waals surface area (Å²) in [6, 6.07) is 13.4. The molecule has 0 aliphatic heterocycles. The molecule has 0 aliphatic rings. The van der Waals surface area contributed by atoms with Crippen LogP contribution in [0.4, 0.5) is 5.69 Å². The topological polar surface area (TPSA) is 61.3 Å². The van der Waals surface area contributed by atoms with Gasteiger partial charge in [0.15, 0.2) is 12.2 Å². The number of rotatable bonds is 4. The van der Waals surface area contributed by atoms with Gasteiger partial charge in [-0.2, -0.15) is 0 Å². The minimum Gasteiger partial charge on any atom is -0.484 e. The number of fused-ring (bicyclic) bond motifs is 1. The zero-order valence-corrected chi connectivity index (χ0v) is 11.3. The fourth-order valence-electron chi connectivity index (χ4n) is 2.05. The van der Waals surface area contributed by atoms with Crippen LogP contribution in [0.2, 0.25) is 0 Å². The Labute approximate surface area is 117 Å². The van der Waals surface area contributed by atoms with E-state index in [1.165, 1.54) is 5.56 Å². The fourth-order valence-corrected chi connectivity index (χ4v) is 2.05. The number of hydrogen-bond donors (Lipinski definition) is 1. The lowest BCUT2D eigenvalue weighted by Crippen LogP contribution is -1.95. The summed E-state index contributed by atoms with van der Waals surface area (Å²) in [6.45, 7) is 2.42. The first kappa shape index (κ1) is 12.5. The summed E-state index contributed by atoms with van der Waals surface area (Å²) in [7, 11) is 0. The molecular formula is C16H16N2O2. The van der Waals surface area contributed by atoms with E-state index in [1.54, 1.807) is 12.1 Å². The summed E-state index contributed by atoms with van der Waals surface area (Å²) < 4.78 is 11.3. The van der Waals surface area contributed by atoms with Crippen molar-refractivity contribution in [3.8, 4) is 5.75 Å². The third-order valence-corrected chi connectivity index (χ3v) is 3.13. The van der Waals surface area contributed by atoms with Crippen molar-refractivity contribution in [3.05, 3.63) is 53.9 Å². The number of aryl methyl sites for hydroxylation is 1. The van der Waals surface area contributed by atoms with Gasteiger partial charge in [0, 0.05) is 11.8 Å². The first-order valence-corrected chi connectivity index (χ1v) is 6.61. The standard InChI is InChI=1S/C16H16N2O2/c1-2-11-4-3-5-13(8-11)19-10-16-18-14-7-6-12(17)9-15(14)20-16/h3-9H,2,10,17H2,1H3. The van der Waals surface area contributed by atoms with Crippen LogP contribution in [0.25, 0.3) is 11.1 Å². The van der Waals surface area contributed by atoms with Gasteiger partial charge >= 0.3 is 0 Å². The van der Waals surface area contributed by atoms with E-state index in [2.05, 4.69) is 18.0 Å². The molecule has 0 unspecified atom stereocenters. The Morgan fingerprint density at radius 3 is 2.95 bits per heavy atom. The van der Waals surface area contributed by atoms with Crippen molar-refractivity contribution in [1.29, 1.82) is 0 Å². The largest absolute Gasteiger partial charge is 0.484 e. The number of nitrogens with zero attached hydrogens (tertiary/aromatic N) is 1. The first-order chi connectivity index (χ1) is 9.74. The molecule has 4 nitrogen and oxygen atoms in total. The molecule has 0 aliphatic carbocycles. The number of nitrogens with two attached hydrogens (primary N) is 1. The lowest BCUT2D eigenvalue weighted by Gasteiger charge is -2.04. The van der Waals surface area contributed by atoms with Crippen molar-refractivity contribution in [2.24, 2.45) is 0 Å². The van der Waals surface area contributed by atoms with Crippen molar-refractivity contribution in [1.82, 2.24) is 4.98 Å². The zero-order valence-electron chi connectivity index (χ0n) is 11.3. The molecule has 102 valence electrons. The van der Waals surface area contributed by atoms with Crippen LogP contribution in [0.15, 0.2) is 46.9 Å². The number of anilines is 1. The molecule has 0 bridgehead atoms. The number of benzene rings is 2. The number of oxazole rings is 1. The normalized spacial score (nSPS) is 10.8. The SMILES string of the molecule is CCc1cccc(OCc2nc3ccc(N)cc3o2)c1. The van der Waals surface area contributed by atoms with Gasteiger partial charge in [-0.05, 0) is 36.2 Å². The van der Waals surface area contributed by atoms with Crippen molar-refractivity contribution >= 4 is 16.8 Å². The van der Waals surface area contributed by atoms with Gasteiger partial charge in [0.1, 0.15) is 11.3 Å². The van der Waals surface area contributed by atoms with Crippen LogP contribution < -0.4 is 10.5 Å². The Hall–Kier alpha value is -2.49. The molecule has 2 N–H and O–H groups in total. The Morgan fingerprint density at radius 2 is 2.10 bits per heavy atom. The third-order valence-electron chi connectivity index (χ3n) is 3.13. The Bertz CT molecular complexity index is 734. The average Bonchev–Trinajstić information content (AvgIpc) is 2.87. The molecule has 0 fully saturated rings. The van der Waals surface area contributed by atoms with Gasteiger partial charge in [-0.3, -0.25) is 0 Å². The van der Waals surface area contributed by atoms with E-state index < -0.39 is 0 Å². The van der Waals surface area contributed by atoms with E-state index in [0.29, 0.717) is 23.8 Å². The van der Waals surface area contributed by atoms with Gasteiger partial charge in [-0.25, -0.2) is 4.98 Å². The van der Waals surface area contributed by atoms with E-state index in [4.69, 9.17) is 14.9 Å². The van der Waals surface area contributed by atoms with Crippen LogP contribution in [0, 0.1) is 0 Å². The molecule has 1 aromatic heterocycles. The summed E-state index contributed by atoms with van der Waals surface area (Å²) in [6.07, 6.45) is 0.985. The van der Waals surface area contributed by atoms with Crippen molar-refractivity contribution in [2.45, 2.75) is 20.0 Å². The smallest absolute Gasteiger partial charge is 0.233 e. The second-order valence-electron chi connectivity index (χ2n) is 4.62. The number of hydrogen-bond acceptors (Lipinski definition) is 4. The highest BCUT2D eigenvalue weighted by Gasteiger charge is 2.06. The average molecular weight is 268 g/mol. The Kier molecular flexibility index (Phi) is 3.29. The maximum Gasteiger partial charge on any atom is 0.233 e. The molecule has 4 heteroatoms. The lowest BCUT2D eigenvalue weighted by atomic mass is 10.2. The van der Waals surface area contributed by atoms with Gasteiger partial charge in [0.25, 0.3) is 0 Å². The van der Waals surface area contributed by atoms with Gasteiger partial charge in [-0.1, -0.05) is 19.1 Å². The van der Waals surface area contributed by atoms with Crippen LogP contribution in [0.5, 0.6) is 5.75 Å². The first-order valence-electron chi connectivity index (χ1n) is 6.61. The van der Waals surface area contributed by atoms with Crippen LogP contribution >= 0.6 is 0 Å². The highest BCUT2D eigenvalue weighted by atomic mass is 16.5. The number of ether oxygens (including phenoxy) is 1. The Balaban J connectivity index is 1.76. The monoisotopic (exact) mass is 268 g/mol. The highest BCUT2D eigenvalue weighted by Crippen LogP contribution is 2.20. The van der Waals surface area contributed by atoms with E-state index in [0.717, 1.165) is 17.7 Å². The van der Waals surface area contributed by atoms with Gasteiger partial charge in [0.05, 0.1) is 0 Å². The molecule has 0 saturated carbocycles. The summed E-state index contributed by atoms with van der Waals surface area (Å²) in [5.41, 5.74) is 9.10. The minimum absolute atomic E-state index is 0.307. The molecule has 0 saturated heterocycles. The van der Waals surface area contributed by atoms with Crippen LogP contribution in [0.3, 0.4) is 0 Å². The molecule has 3 aromatic rings. The predicted octanol–water partition coefficient (Wildman–Crippen LogP) is 3.55. The number of nitrogen functional groups attached to an aromatic ring is 1. The van der Waals surface area contributed by atoms with Crippen LogP contribution in [-0.4, -0.2) is 4.98 Å². The highest BCUT2D eigenvalue weighted by molar-refractivity contribution is 5.76. The molecule has 3 rings (SSSR count). The molecule has 0 amide bonds. The molecule has 0 spiro atoms. The van der Waals surface area contributed by atoms with Crippen LogP contribution in [-0.2, 0) is 13.0 Å². The van der Waals surface area contributed by atoms with Crippen molar-refractivity contribution < 1.29 is 9.15 Å². The van der Waals surface area contributed by atoms with Gasteiger partial charge < -0.3 is 14.9 Å². The predicted molar refractivity (Wildman–Crippen MR) is 78.6 cm³/mol. The van der Waals surface area contributed by atoms with E-state index in [9.17, 15) is 0 Å². The summed E-state index contributed by atoms with van der Waals surface area (Å²) in [5.74, 6) is 1.37. The molecule has 20 heavy (non-hydrogen) atoms. The lowest BCUT2D eigenvalue weighted by molar-refractivity contribution is 0.267. The summed E-state index contributed by atoms with van der Waals surface area (Å²) in [4.78, 5) is 4.36. The molecule has 0 radical (unpaired) electrons. The zero-order chi connectivity index (χ0) is 13.9. The molecule has 1 heterocycles. The Morgan fingerprint density at radius 1 is 1.20 bits per heavy atom. The van der Waals surface area contributed by atoms with Crippen molar-refractivity contribution in [2.75, 3.05) is 5.73 Å². The maximum absolute atomic E-state index is 5.71. The van der Waals surface area contributed by atoms with E-state index in [1.807, 2.05) is 24.3 Å². The summed E-state index contributed by atoms with van der Waals surface area (Å²) >= 11 is 0. The quantitative estimate of drug-likeness (QED) is 0.735. The van der Waals surface area contributed by atoms with E-state index >= 15 is 0 Å². The van der Waals surface area contributed by atoms with Crippen LogP contribution in [0.1, 0.15) is 18.4 Å².